The lowest BCUT2D eigenvalue weighted by Gasteiger charge is -1.98. The molecule has 1 rings (SSSR count). The molecule has 0 fully saturated rings. The molecule has 0 aliphatic heterocycles. The molecule has 0 amide bonds. The smallest absolute Gasteiger partial charge is 0.430 e. The molecule has 0 atom stereocenters. The zero-order valence-electron chi connectivity index (χ0n) is 7.92. The van der Waals surface area contributed by atoms with E-state index in [9.17, 15) is 8.42 Å². The van der Waals surface area contributed by atoms with E-state index in [0.29, 0.717) is 4.90 Å². The molecule has 0 aliphatic carbocycles. The fourth-order valence-electron chi connectivity index (χ4n) is 0.794. The van der Waals surface area contributed by atoms with Crippen molar-refractivity contribution >= 4 is 17.5 Å². The number of sulfone groups is 1. The summed E-state index contributed by atoms with van der Waals surface area (Å²) in [6, 6.07) is 8.47. The maximum atomic E-state index is 11.2. The van der Waals surface area contributed by atoms with Crippen LogP contribution in [0.4, 0.5) is 0 Å². The Balaban J connectivity index is 0.000000500. The summed E-state index contributed by atoms with van der Waals surface area (Å²) in [6.45, 7) is 1.64. The van der Waals surface area contributed by atoms with Crippen molar-refractivity contribution in [3.63, 3.8) is 0 Å². The molecule has 0 aromatic heterocycles. The molecule has 14 heavy (non-hydrogen) atoms. The summed E-state index contributed by atoms with van der Waals surface area (Å²) >= 11 is 0. The van der Waals surface area contributed by atoms with Crippen molar-refractivity contribution in [2.45, 2.75) is 11.8 Å². The molecule has 0 saturated carbocycles. The van der Waals surface area contributed by atoms with Gasteiger partial charge in [0.05, 0.1) is 10.6 Å². The molecule has 0 radical (unpaired) electrons. The first-order valence-corrected chi connectivity index (χ1v) is 5.73. The topological polar surface area (TPSA) is 74.6 Å². The van der Waals surface area contributed by atoms with E-state index in [1.54, 1.807) is 37.3 Å². The van der Waals surface area contributed by atoms with Crippen LogP contribution in [-0.4, -0.2) is 31.9 Å². The predicted molar refractivity (Wildman–Crippen MR) is 55.8 cm³/mol. The Morgan fingerprint density at radius 2 is 1.64 bits per heavy atom. The van der Waals surface area contributed by atoms with E-state index in [1.807, 2.05) is 0 Å². The summed E-state index contributed by atoms with van der Waals surface area (Å²) in [5.74, 6) is 0.164. The van der Waals surface area contributed by atoms with E-state index in [4.69, 9.17) is 10.0 Å². The van der Waals surface area contributed by atoms with Crippen LogP contribution in [0.25, 0.3) is 0 Å². The highest BCUT2D eigenvalue weighted by atomic mass is 32.2. The Bertz CT molecular complexity index is 336. The van der Waals surface area contributed by atoms with Crippen molar-refractivity contribution in [1.29, 1.82) is 0 Å². The predicted octanol–water partition coefficient (Wildman–Crippen LogP) is -0.282. The van der Waals surface area contributed by atoms with Gasteiger partial charge in [-0.25, -0.2) is 8.42 Å². The average molecular weight is 216 g/mol. The maximum Gasteiger partial charge on any atom is 0.432 e. The van der Waals surface area contributed by atoms with E-state index in [-0.39, 0.29) is 5.75 Å². The minimum atomic E-state index is -3.00. The lowest BCUT2D eigenvalue weighted by Crippen LogP contribution is -2.02. The SMILES string of the molecule is CCS(=O)(=O)c1ccccc1.OBO. The quantitative estimate of drug-likeness (QED) is 0.666. The zero-order valence-corrected chi connectivity index (χ0v) is 8.74. The summed E-state index contributed by atoms with van der Waals surface area (Å²) in [7, 11) is -3.75. The van der Waals surface area contributed by atoms with Crippen LogP contribution in [-0.2, 0) is 9.84 Å². The van der Waals surface area contributed by atoms with Gasteiger partial charge in [0.2, 0.25) is 0 Å². The third-order valence-corrected chi connectivity index (χ3v) is 3.23. The molecular weight excluding hydrogens is 203 g/mol. The number of hydrogen-bond donors (Lipinski definition) is 2. The molecule has 6 heteroatoms. The van der Waals surface area contributed by atoms with Crippen LogP contribution < -0.4 is 0 Å². The highest BCUT2D eigenvalue weighted by molar-refractivity contribution is 7.91. The summed E-state index contributed by atoms with van der Waals surface area (Å²) in [4.78, 5) is 0.405. The molecule has 0 heterocycles. The average Bonchev–Trinajstić information content (AvgIpc) is 2.20. The van der Waals surface area contributed by atoms with E-state index in [2.05, 4.69) is 0 Å². The van der Waals surface area contributed by atoms with Gasteiger partial charge < -0.3 is 10.0 Å². The Morgan fingerprint density at radius 3 is 2.00 bits per heavy atom. The van der Waals surface area contributed by atoms with E-state index >= 15 is 0 Å². The van der Waals surface area contributed by atoms with Crippen LogP contribution in [0.1, 0.15) is 6.92 Å². The van der Waals surface area contributed by atoms with Gasteiger partial charge in [-0.3, -0.25) is 0 Å². The van der Waals surface area contributed by atoms with Crippen molar-refractivity contribution in [3.05, 3.63) is 30.3 Å². The van der Waals surface area contributed by atoms with Gasteiger partial charge in [0, 0.05) is 0 Å². The summed E-state index contributed by atoms with van der Waals surface area (Å²) in [5, 5.41) is 14.2. The van der Waals surface area contributed by atoms with Crippen LogP contribution in [0.5, 0.6) is 0 Å². The van der Waals surface area contributed by atoms with Gasteiger partial charge in [0.1, 0.15) is 0 Å². The number of benzene rings is 1. The molecule has 1 aromatic rings. The summed E-state index contributed by atoms with van der Waals surface area (Å²) < 4.78 is 22.4. The maximum absolute atomic E-state index is 11.2. The second kappa shape index (κ2) is 6.59. The largest absolute Gasteiger partial charge is 0.432 e. The lowest BCUT2D eigenvalue weighted by molar-refractivity contribution is 0.448. The second-order valence-corrected chi connectivity index (χ2v) is 4.64. The van der Waals surface area contributed by atoms with E-state index < -0.39 is 17.5 Å². The highest BCUT2D eigenvalue weighted by Crippen LogP contribution is 2.08. The van der Waals surface area contributed by atoms with E-state index in [0.717, 1.165) is 0 Å². The fourth-order valence-corrected chi connectivity index (χ4v) is 1.70. The third-order valence-electron chi connectivity index (χ3n) is 1.48. The zero-order chi connectivity index (χ0) is 11.0. The Hall–Kier alpha value is -0.845. The Morgan fingerprint density at radius 1 is 1.21 bits per heavy atom. The Kier molecular flexibility index (Phi) is 6.19. The molecular formula is C8H13BO4S. The molecule has 0 saturated heterocycles. The highest BCUT2D eigenvalue weighted by Gasteiger charge is 2.08. The molecule has 2 N–H and O–H groups in total. The first kappa shape index (κ1) is 13.2. The van der Waals surface area contributed by atoms with Crippen molar-refractivity contribution in [1.82, 2.24) is 0 Å². The first-order chi connectivity index (χ1) is 6.58. The molecule has 4 nitrogen and oxygen atoms in total. The Labute approximate surface area is 84.4 Å². The van der Waals surface area contributed by atoms with E-state index in [1.165, 1.54) is 0 Å². The number of rotatable bonds is 2. The molecule has 0 spiro atoms. The monoisotopic (exact) mass is 216 g/mol. The van der Waals surface area contributed by atoms with Gasteiger partial charge in [-0.2, -0.15) is 0 Å². The normalized spacial score (nSPS) is 9.93. The van der Waals surface area contributed by atoms with Gasteiger partial charge in [0.15, 0.2) is 9.84 Å². The minimum absolute atomic E-state index is 0.164. The van der Waals surface area contributed by atoms with Crippen LogP contribution in [0.2, 0.25) is 0 Å². The second-order valence-electron chi connectivity index (χ2n) is 2.36. The van der Waals surface area contributed by atoms with Crippen molar-refractivity contribution in [3.8, 4) is 0 Å². The van der Waals surface area contributed by atoms with Gasteiger partial charge in [-0.1, -0.05) is 25.1 Å². The minimum Gasteiger partial charge on any atom is -0.430 e. The lowest BCUT2D eigenvalue weighted by atomic mass is 10.4. The molecule has 1 aromatic carbocycles. The van der Waals surface area contributed by atoms with Gasteiger partial charge in [-0.15, -0.1) is 0 Å². The van der Waals surface area contributed by atoms with Crippen LogP contribution in [0.15, 0.2) is 35.2 Å². The fraction of sp³-hybridized carbons (Fsp3) is 0.250. The third kappa shape index (κ3) is 4.41. The standard InChI is InChI=1S/C8H10O2S.BH3O2/c1-2-11(9,10)8-6-4-3-5-7-8;2-1-3/h3-7H,2H2,1H3;1-3H. The van der Waals surface area contributed by atoms with Crippen molar-refractivity contribution < 1.29 is 18.5 Å². The molecule has 0 unspecified atom stereocenters. The van der Waals surface area contributed by atoms with Gasteiger partial charge in [0.25, 0.3) is 0 Å². The summed E-state index contributed by atoms with van der Waals surface area (Å²) in [6.07, 6.45) is 0. The summed E-state index contributed by atoms with van der Waals surface area (Å²) in [5.41, 5.74) is 0. The van der Waals surface area contributed by atoms with Crippen LogP contribution in [0.3, 0.4) is 0 Å². The van der Waals surface area contributed by atoms with Crippen molar-refractivity contribution in [2.24, 2.45) is 0 Å². The van der Waals surface area contributed by atoms with Crippen LogP contribution in [0, 0.1) is 0 Å². The van der Waals surface area contributed by atoms with Gasteiger partial charge >= 0.3 is 7.69 Å². The number of hydrogen-bond acceptors (Lipinski definition) is 4. The van der Waals surface area contributed by atoms with Crippen LogP contribution >= 0.6 is 0 Å². The molecule has 0 bridgehead atoms. The van der Waals surface area contributed by atoms with Gasteiger partial charge in [-0.05, 0) is 12.1 Å². The van der Waals surface area contributed by atoms with Crippen molar-refractivity contribution in [2.75, 3.05) is 5.75 Å². The molecule has 78 valence electrons. The molecule has 0 aliphatic rings. The first-order valence-electron chi connectivity index (χ1n) is 4.08.